The van der Waals surface area contributed by atoms with Crippen LogP contribution in [0.25, 0.3) is 0 Å². The fourth-order valence-corrected chi connectivity index (χ4v) is 1.59. The van der Waals surface area contributed by atoms with E-state index >= 15 is 0 Å². The number of carbonyl (C=O) groups is 1. The average Bonchev–Trinajstić information content (AvgIpc) is 2.41. The summed E-state index contributed by atoms with van der Waals surface area (Å²) in [7, 11) is 0. The number of benzene rings is 1. The van der Waals surface area contributed by atoms with Crippen LogP contribution in [-0.4, -0.2) is 18.5 Å². The molecule has 0 aliphatic rings. The monoisotopic (exact) mass is 318 g/mol. The van der Waals surface area contributed by atoms with Crippen LogP contribution in [0.15, 0.2) is 65.9 Å². The fraction of sp³-hybridized carbons (Fsp3) is 0.133. The molecule has 0 saturated carbocycles. The summed E-state index contributed by atoms with van der Waals surface area (Å²) in [6.07, 6.45) is 5.48. The van der Waals surface area contributed by atoms with E-state index in [1.54, 1.807) is 6.21 Å². The number of aliphatic imine (C=N–C) groups is 1. The normalized spacial score (nSPS) is 10.1. The van der Waals surface area contributed by atoms with E-state index in [1.165, 1.54) is 0 Å². The lowest BCUT2D eigenvalue weighted by Crippen LogP contribution is -3.00. The molecule has 0 radical (unpaired) electrons. The van der Waals surface area contributed by atoms with E-state index in [0.29, 0.717) is 6.54 Å². The molecule has 1 heterocycles. The minimum atomic E-state index is 0. The largest absolute Gasteiger partial charge is 1.00 e. The predicted octanol–water partition coefficient (Wildman–Crippen LogP) is -1.33. The Balaban J connectivity index is 0.00000180. The molecule has 0 aliphatic heterocycles. The van der Waals surface area contributed by atoms with Gasteiger partial charge in [0.1, 0.15) is 6.54 Å². The Bertz CT molecular complexity index is 526. The van der Waals surface area contributed by atoms with Gasteiger partial charge in [0.05, 0.1) is 0 Å². The van der Waals surface area contributed by atoms with Crippen LogP contribution in [0.3, 0.4) is 0 Å². The van der Waals surface area contributed by atoms with Crippen LogP contribution in [0.2, 0.25) is 0 Å². The van der Waals surface area contributed by atoms with E-state index in [2.05, 4.69) is 4.99 Å². The maximum atomic E-state index is 11.7. The van der Waals surface area contributed by atoms with Gasteiger partial charge in [0.2, 0.25) is 12.3 Å². The second-order valence-corrected chi connectivity index (χ2v) is 3.97. The SMILES string of the molecule is O=C(CN=Cc1ccccc1)C[n+]1ccccc1.[Br-]. The van der Waals surface area contributed by atoms with Gasteiger partial charge in [-0.25, -0.2) is 0 Å². The molecule has 4 heteroatoms. The highest BCUT2D eigenvalue weighted by Gasteiger charge is 2.06. The van der Waals surface area contributed by atoms with E-state index < -0.39 is 0 Å². The zero-order valence-electron chi connectivity index (χ0n) is 10.4. The lowest BCUT2D eigenvalue weighted by atomic mass is 10.2. The van der Waals surface area contributed by atoms with Crippen LogP contribution in [-0.2, 0) is 11.3 Å². The Morgan fingerprint density at radius 1 is 1.05 bits per heavy atom. The van der Waals surface area contributed by atoms with Crippen molar-refractivity contribution in [2.75, 3.05) is 6.54 Å². The van der Waals surface area contributed by atoms with Gasteiger partial charge in [0.15, 0.2) is 12.4 Å². The second-order valence-electron chi connectivity index (χ2n) is 3.97. The standard InChI is InChI=1S/C15H15N2O.BrH/c18-15(13-17-9-5-2-6-10-17)12-16-11-14-7-3-1-4-8-14;/h1-11H,12-13H2;1H/q+1;/p-1. The maximum Gasteiger partial charge on any atom is 0.218 e. The highest BCUT2D eigenvalue weighted by Crippen LogP contribution is 1.93. The lowest BCUT2D eigenvalue weighted by Gasteiger charge is -1.94. The Morgan fingerprint density at radius 2 is 1.68 bits per heavy atom. The molecule has 0 amide bonds. The van der Waals surface area contributed by atoms with Gasteiger partial charge in [-0.1, -0.05) is 36.4 Å². The van der Waals surface area contributed by atoms with Crippen molar-refractivity contribution in [2.24, 2.45) is 4.99 Å². The number of ketones is 1. The van der Waals surface area contributed by atoms with Crippen molar-refractivity contribution >= 4 is 12.0 Å². The van der Waals surface area contributed by atoms with Gasteiger partial charge in [-0.2, -0.15) is 4.57 Å². The molecule has 2 rings (SSSR count). The molecule has 0 aliphatic carbocycles. The molecule has 0 fully saturated rings. The summed E-state index contributed by atoms with van der Waals surface area (Å²) in [6, 6.07) is 15.5. The van der Waals surface area contributed by atoms with Crippen LogP contribution < -0.4 is 21.5 Å². The van der Waals surface area contributed by atoms with Crippen LogP contribution in [0.4, 0.5) is 0 Å². The van der Waals surface area contributed by atoms with Crippen LogP contribution in [0.1, 0.15) is 5.56 Å². The fourth-order valence-electron chi connectivity index (χ4n) is 1.59. The number of aromatic nitrogens is 1. The van der Waals surface area contributed by atoms with Crippen molar-refractivity contribution in [2.45, 2.75) is 6.54 Å². The van der Waals surface area contributed by atoms with Gasteiger partial charge >= 0.3 is 0 Å². The number of halogens is 1. The number of hydrogen-bond acceptors (Lipinski definition) is 2. The number of nitrogens with zero attached hydrogens (tertiary/aromatic N) is 2. The summed E-state index contributed by atoms with van der Waals surface area (Å²) >= 11 is 0. The van der Waals surface area contributed by atoms with E-state index in [0.717, 1.165) is 5.56 Å². The summed E-state index contributed by atoms with van der Waals surface area (Å²) < 4.78 is 1.85. The molecule has 19 heavy (non-hydrogen) atoms. The van der Waals surface area contributed by atoms with Gasteiger partial charge in [0.25, 0.3) is 0 Å². The van der Waals surface area contributed by atoms with Gasteiger partial charge in [-0.3, -0.25) is 9.79 Å². The van der Waals surface area contributed by atoms with Gasteiger partial charge < -0.3 is 17.0 Å². The summed E-state index contributed by atoms with van der Waals surface area (Å²) in [5.74, 6) is 0.0957. The van der Waals surface area contributed by atoms with Gasteiger partial charge in [0, 0.05) is 18.3 Å². The Kier molecular flexibility index (Phi) is 6.68. The molecule has 3 nitrogen and oxygen atoms in total. The third-order valence-corrected chi connectivity index (χ3v) is 2.44. The Labute approximate surface area is 123 Å². The molecule has 0 spiro atoms. The van der Waals surface area contributed by atoms with E-state index in [9.17, 15) is 4.79 Å². The number of rotatable bonds is 5. The molecule has 0 atom stereocenters. The average molecular weight is 319 g/mol. The van der Waals surface area contributed by atoms with Crippen LogP contribution in [0.5, 0.6) is 0 Å². The first-order valence-electron chi connectivity index (χ1n) is 5.85. The van der Waals surface area contributed by atoms with Crippen molar-refractivity contribution in [1.82, 2.24) is 0 Å². The minimum absolute atomic E-state index is 0. The number of Topliss-reactive ketones (excluding diaryl/α,β-unsaturated/α-hetero) is 1. The van der Waals surface area contributed by atoms with Crippen molar-refractivity contribution in [3.8, 4) is 0 Å². The minimum Gasteiger partial charge on any atom is -1.00 e. The van der Waals surface area contributed by atoms with Crippen molar-refractivity contribution in [1.29, 1.82) is 0 Å². The molecular weight excluding hydrogens is 304 g/mol. The Hall–Kier alpha value is -1.81. The first-order chi connectivity index (χ1) is 8.84. The van der Waals surface area contributed by atoms with Crippen molar-refractivity contribution in [3.63, 3.8) is 0 Å². The number of hydrogen-bond donors (Lipinski definition) is 0. The van der Waals surface area contributed by atoms with Crippen molar-refractivity contribution in [3.05, 3.63) is 66.5 Å². The van der Waals surface area contributed by atoms with Crippen LogP contribution >= 0.6 is 0 Å². The summed E-state index contributed by atoms with van der Waals surface area (Å²) in [5.41, 5.74) is 1.01. The van der Waals surface area contributed by atoms with E-state index in [4.69, 9.17) is 0 Å². The quantitative estimate of drug-likeness (QED) is 0.496. The zero-order chi connectivity index (χ0) is 12.6. The molecule has 0 N–H and O–H groups in total. The van der Waals surface area contributed by atoms with Gasteiger partial charge in [-0.05, 0) is 5.56 Å². The number of carbonyl (C=O) groups excluding carboxylic acids is 1. The van der Waals surface area contributed by atoms with Crippen molar-refractivity contribution < 1.29 is 26.3 Å². The molecule has 1 aromatic carbocycles. The smallest absolute Gasteiger partial charge is 0.218 e. The molecule has 0 unspecified atom stereocenters. The summed E-state index contributed by atoms with van der Waals surface area (Å²) in [5, 5.41) is 0. The van der Waals surface area contributed by atoms with Gasteiger partial charge in [-0.15, -0.1) is 0 Å². The van der Waals surface area contributed by atoms with E-state index in [-0.39, 0.29) is 29.3 Å². The van der Waals surface area contributed by atoms with E-state index in [1.807, 2.05) is 65.5 Å². The highest BCUT2D eigenvalue weighted by atomic mass is 79.9. The molecule has 98 valence electrons. The van der Waals surface area contributed by atoms with Crippen LogP contribution in [0, 0.1) is 0 Å². The summed E-state index contributed by atoms with van der Waals surface area (Å²) in [4.78, 5) is 15.8. The second kappa shape index (κ2) is 8.32. The number of pyridine rings is 1. The molecule has 0 bridgehead atoms. The zero-order valence-corrected chi connectivity index (χ0v) is 12.0. The first-order valence-corrected chi connectivity index (χ1v) is 5.85. The maximum absolute atomic E-state index is 11.7. The highest BCUT2D eigenvalue weighted by molar-refractivity contribution is 5.84. The first kappa shape index (κ1) is 15.2. The molecule has 2 aromatic rings. The predicted molar refractivity (Wildman–Crippen MR) is 70.5 cm³/mol. The lowest BCUT2D eigenvalue weighted by molar-refractivity contribution is -0.684. The molecular formula is C15H15BrN2O. The Morgan fingerprint density at radius 3 is 2.37 bits per heavy atom. The molecule has 1 aromatic heterocycles. The third-order valence-electron chi connectivity index (χ3n) is 2.44. The topological polar surface area (TPSA) is 33.3 Å². The summed E-state index contributed by atoms with van der Waals surface area (Å²) in [6.45, 7) is 0.587. The third kappa shape index (κ3) is 5.57. The molecule has 0 saturated heterocycles.